The van der Waals surface area contributed by atoms with Gasteiger partial charge < -0.3 is 23.7 Å². The van der Waals surface area contributed by atoms with Gasteiger partial charge in [0.2, 0.25) is 18.5 Å². The molecule has 0 aromatic carbocycles. The fourth-order valence-corrected chi connectivity index (χ4v) is 2.23. The predicted molar refractivity (Wildman–Crippen MR) is 61.4 cm³/mol. The molecule has 0 aromatic rings. The summed E-state index contributed by atoms with van der Waals surface area (Å²) in [5, 5.41) is 0. The Morgan fingerprint density at radius 3 is 2.00 bits per heavy atom. The first kappa shape index (κ1) is 15.2. The van der Waals surface area contributed by atoms with E-state index in [2.05, 4.69) is 0 Å². The molecule has 9 nitrogen and oxygen atoms in total. The largest absolute Gasteiger partial charge is 0.452 e. The van der Waals surface area contributed by atoms with Crippen LogP contribution < -0.4 is 0 Å². The van der Waals surface area contributed by atoms with Crippen LogP contribution in [-0.4, -0.2) is 54.6 Å². The molecule has 2 aliphatic heterocycles. The standard InChI is InChI=1S/C12H14O9/c1-4(13)17-9-7-8(20-11(9)16)10(18-5(2)14)12(21-7)19-6(3)15/h7-10,12H,1-3H3/t7?,8?,9-,10+,12-/m0/s1. The molecule has 0 aromatic heterocycles. The Morgan fingerprint density at radius 2 is 1.48 bits per heavy atom. The third-order valence-corrected chi connectivity index (χ3v) is 2.87. The summed E-state index contributed by atoms with van der Waals surface area (Å²) in [6.07, 6.45) is -5.63. The highest BCUT2D eigenvalue weighted by atomic mass is 16.8. The third kappa shape index (κ3) is 3.13. The van der Waals surface area contributed by atoms with Crippen molar-refractivity contribution in [1.29, 1.82) is 0 Å². The average molecular weight is 302 g/mol. The third-order valence-electron chi connectivity index (χ3n) is 2.87. The van der Waals surface area contributed by atoms with Gasteiger partial charge in [-0.15, -0.1) is 0 Å². The molecular weight excluding hydrogens is 288 g/mol. The van der Waals surface area contributed by atoms with Gasteiger partial charge in [-0.3, -0.25) is 14.4 Å². The molecule has 2 unspecified atom stereocenters. The molecule has 0 aliphatic carbocycles. The first-order valence-electron chi connectivity index (χ1n) is 6.17. The van der Waals surface area contributed by atoms with E-state index in [1.165, 1.54) is 0 Å². The van der Waals surface area contributed by atoms with Crippen LogP contribution in [0, 0.1) is 0 Å². The minimum Gasteiger partial charge on any atom is -0.452 e. The maximum atomic E-state index is 11.7. The summed E-state index contributed by atoms with van der Waals surface area (Å²) in [5.41, 5.74) is 0. The Labute approximate surface area is 119 Å². The Bertz CT molecular complexity index is 485. The quantitative estimate of drug-likeness (QED) is 0.481. The summed E-state index contributed by atoms with van der Waals surface area (Å²) in [4.78, 5) is 44.8. The van der Waals surface area contributed by atoms with Crippen LogP contribution in [0.5, 0.6) is 0 Å². The molecule has 116 valence electrons. The van der Waals surface area contributed by atoms with Crippen LogP contribution in [0.25, 0.3) is 0 Å². The van der Waals surface area contributed by atoms with E-state index in [4.69, 9.17) is 23.7 Å². The lowest BCUT2D eigenvalue weighted by atomic mass is 10.1. The van der Waals surface area contributed by atoms with Crippen molar-refractivity contribution in [3.05, 3.63) is 0 Å². The van der Waals surface area contributed by atoms with Gasteiger partial charge in [0.1, 0.15) is 0 Å². The van der Waals surface area contributed by atoms with E-state index in [1.807, 2.05) is 0 Å². The topological polar surface area (TPSA) is 114 Å². The monoisotopic (exact) mass is 302 g/mol. The zero-order valence-corrected chi connectivity index (χ0v) is 11.6. The molecular formula is C12H14O9. The van der Waals surface area contributed by atoms with E-state index in [9.17, 15) is 19.2 Å². The van der Waals surface area contributed by atoms with E-state index >= 15 is 0 Å². The van der Waals surface area contributed by atoms with Crippen molar-refractivity contribution < 1.29 is 42.9 Å². The summed E-state index contributed by atoms with van der Waals surface area (Å²) < 4.78 is 25.1. The first-order valence-corrected chi connectivity index (χ1v) is 6.17. The van der Waals surface area contributed by atoms with Gasteiger partial charge in [0.05, 0.1) is 0 Å². The molecule has 21 heavy (non-hydrogen) atoms. The van der Waals surface area contributed by atoms with Gasteiger partial charge in [-0.2, -0.15) is 0 Å². The number of rotatable bonds is 3. The van der Waals surface area contributed by atoms with Crippen LogP contribution in [0.4, 0.5) is 0 Å². The lowest BCUT2D eigenvalue weighted by Crippen LogP contribution is -2.38. The molecule has 0 bridgehead atoms. The summed E-state index contributed by atoms with van der Waals surface area (Å²) >= 11 is 0. The summed E-state index contributed by atoms with van der Waals surface area (Å²) in [7, 11) is 0. The highest BCUT2D eigenvalue weighted by Crippen LogP contribution is 2.35. The Kier molecular flexibility index (Phi) is 4.12. The van der Waals surface area contributed by atoms with Crippen LogP contribution in [0.1, 0.15) is 20.8 Å². The van der Waals surface area contributed by atoms with E-state index in [0.29, 0.717) is 0 Å². The Hall–Kier alpha value is -2.16. The maximum Gasteiger partial charge on any atom is 0.350 e. The number of carbonyl (C=O) groups excluding carboxylic acids is 4. The molecule has 2 saturated heterocycles. The first-order chi connectivity index (χ1) is 9.79. The lowest BCUT2D eigenvalue weighted by Gasteiger charge is -2.20. The molecule has 2 rings (SSSR count). The van der Waals surface area contributed by atoms with E-state index in [0.717, 1.165) is 20.8 Å². The number of hydrogen-bond acceptors (Lipinski definition) is 9. The molecule has 0 spiro atoms. The minimum atomic E-state index is -1.29. The number of fused-ring (bicyclic) bond motifs is 1. The van der Waals surface area contributed by atoms with Crippen molar-refractivity contribution in [2.75, 3.05) is 0 Å². The maximum absolute atomic E-state index is 11.7. The van der Waals surface area contributed by atoms with Gasteiger partial charge in [-0.1, -0.05) is 0 Å². The molecule has 2 fully saturated rings. The van der Waals surface area contributed by atoms with Crippen LogP contribution in [0.15, 0.2) is 0 Å². The second-order valence-corrected chi connectivity index (χ2v) is 4.58. The van der Waals surface area contributed by atoms with E-state index in [1.54, 1.807) is 0 Å². The minimum absolute atomic E-state index is 0.659. The molecule has 0 saturated carbocycles. The smallest absolute Gasteiger partial charge is 0.350 e. The highest BCUT2D eigenvalue weighted by molar-refractivity contribution is 5.82. The SMILES string of the molecule is CC(=O)O[C@H]1OC2C(OC(=O)[C@H]2OC(C)=O)[C@H]1OC(C)=O. The molecule has 2 heterocycles. The van der Waals surface area contributed by atoms with Crippen molar-refractivity contribution in [1.82, 2.24) is 0 Å². The summed E-state index contributed by atoms with van der Waals surface area (Å²) in [5.74, 6) is -2.82. The fourth-order valence-electron chi connectivity index (χ4n) is 2.23. The summed E-state index contributed by atoms with van der Waals surface area (Å²) in [6.45, 7) is 3.43. The highest BCUT2D eigenvalue weighted by Gasteiger charge is 2.61. The van der Waals surface area contributed by atoms with Gasteiger partial charge >= 0.3 is 23.9 Å². The summed E-state index contributed by atoms with van der Waals surface area (Å²) in [6, 6.07) is 0. The van der Waals surface area contributed by atoms with Gasteiger partial charge in [-0.25, -0.2) is 4.79 Å². The average Bonchev–Trinajstić information content (AvgIpc) is 2.78. The van der Waals surface area contributed by atoms with Crippen molar-refractivity contribution in [3.8, 4) is 0 Å². The number of carbonyl (C=O) groups is 4. The van der Waals surface area contributed by atoms with Gasteiger partial charge in [0, 0.05) is 20.8 Å². The van der Waals surface area contributed by atoms with Crippen molar-refractivity contribution in [3.63, 3.8) is 0 Å². The van der Waals surface area contributed by atoms with Crippen LogP contribution in [0.2, 0.25) is 0 Å². The second kappa shape index (κ2) is 5.68. The number of esters is 4. The molecule has 5 atom stereocenters. The second-order valence-electron chi connectivity index (χ2n) is 4.58. The van der Waals surface area contributed by atoms with Crippen molar-refractivity contribution in [2.45, 2.75) is 51.5 Å². The number of hydrogen-bond donors (Lipinski definition) is 0. The van der Waals surface area contributed by atoms with Crippen LogP contribution >= 0.6 is 0 Å². The molecule has 0 radical (unpaired) electrons. The van der Waals surface area contributed by atoms with Crippen molar-refractivity contribution >= 4 is 23.9 Å². The lowest BCUT2D eigenvalue weighted by molar-refractivity contribution is -0.205. The molecule has 9 heteroatoms. The van der Waals surface area contributed by atoms with Crippen LogP contribution in [-0.2, 0) is 42.9 Å². The molecule has 0 N–H and O–H groups in total. The number of ether oxygens (including phenoxy) is 5. The Balaban J connectivity index is 2.19. The fraction of sp³-hybridized carbons (Fsp3) is 0.667. The molecule has 0 amide bonds. The van der Waals surface area contributed by atoms with Gasteiger partial charge in [0.25, 0.3) is 0 Å². The zero-order valence-electron chi connectivity index (χ0n) is 11.6. The van der Waals surface area contributed by atoms with Gasteiger partial charge in [0.15, 0.2) is 12.2 Å². The van der Waals surface area contributed by atoms with Crippen LogP contribution in [0.3, 0.4) is 0 Å². The molecule has 2 aliphatic rings. The Morgan fingerprint density at radius 1 is 0.905 bits per heavy atom. The normalized spacial score (nSPS) is 33.9. The van der Waals surface area contributed by atoms with Gasteiger partial charge in [-0.05, 0) is 0 Å². The zero-order chi connectivity index (χ0) is 15.7. The van der Waals surface area contributed by atoms with E-state index in [-0.39, 0.29) is 0 Å². The van der Waals surface area contributed by atoms with Crippen molar-refractivity contribution in [2.24, 2.45) is 0 Å². The van der Waals surface area contributed by atoms with E-state index < -0.39 is 54.6 Å². The predicted octanol–water partition coefficient (Wildman–Crippen LogP) is -0.937.